The van der Waals surface area contributed by atoms with Gasteiger partial charge >= 0.3 is 0 Å². The maximum absolute atomic E-state index is 9.33. The van der Waals surface area contributed by atoms with Crippen molar-refractivity contribution < 1.29 is 4.42 Å². The molecule has 0 N–H and O–H groups in total. The lowest BCUT2D eigenvalue weighted by atomic mass is 9.96. The van der Waals surface area contributed by atoms with Crippen LogP contribution < -0.4 is 0 Å². The molecular formula is C40H24N4O. The minimum Gasteiger partial charge on any atom is -0.455 e. The maximum atomic E-state index is 9.33. The van der Waals surface area contributed by atoms with Crippen LogP contribution in [0.4, 0.5) is 0 Å². The summed E-state index contributed by atoms with van der Waals surface area (Å²) in [6.07, 6.45) is 0. The number of hydrogen-bond acceptors (Lipinski definition) is 5. The van der Waals surface area contributed by atoms with Crippen molar-refractivity contribution in [1.82, 2.24) is 15.0 Å². The Morgan fingerprint density at radius 3 is 1.64 bits per heavy atom. The quantitative estimate of drug-likeness (QED) is 0.204. The fourth-order valence-electron chi connectivity index (χ4n) is 5.75. The highest BCUT2D eigenvalue weighted by Crippen LogP contribution is 2.41. The molecule has 0 unspecified atom stereocenters. The molecule has 2 aromatic heterocycles. The summed E-state index contributed by atoms with van der Waals surface area (Å²) in [7, 11) is 0. The second-order valence-corrected chi connectivity index (χ2v) is 10.8. The molecule has 0 saturated carbocycles. The topological polar surface area (TPSA) is 75.6 Å². The average molecular weight is 577 g/mol. The number of fused-ring (bicyclic) bond motifs is 3. The van der Waals surface area contributed by atoms with Crippen LogP contribution in [0.5, 0.6) is 0 Å². The van der Waals surface area contributed by atoms with E-state index in [9.17, 15) is 5.26 Å². The molecule has 5 nitrogen and oxygen atoms in total. The highest BCUT2D eigenvalue weighted by atomic mass is 16.3. The van der Waals surface area contributed by atoms with E-state index in [2.05, 4.69) is 54.6 Å². The van der Waals surface area contributed by atoms with Gasteiger partial charge in [0.05, 0.1) is 17.2 Å². The number of furan rings is 1. The van der Waals surface area contributed by atoms with Crippen LogP contribution in [0.2, 0.25) is 0 Å². The number of rotatable bonds is 5. The third-order valence-electron chi connectivity index (χ3n) is 8.01. The number of benzene rings is 6. The van der Waals surface area contributed by atoms with Gasteiger partial charge in [-0.15, -0.1) is 0 Å². The number of hydrogen-bond donors (Lipinski definition) is 0. The number of nitriles is 1. The van der Waals surface area contributed by atoms with E-state index in [4.69, 9.17) is 19.4 Å². The average Bonchev–Trinajstić information content (AvgIpc) is 3.52. The lowest BCUT2D eigenvalue weighted by Crippen LogP contribution is -2.00. The van der Waals surface area contributed by atoms with Gasteiger partial charge in [0.1, 0.15) is 11.2 Å². The van der Waals surface area contributed by atoms with E-state index >= 15 is 0 Å². The summed E-state index contributed by atoms with van der Waals surface area (Å²) in [5.74, 6) is 1.70. The fraction of sp³-hybridized carbons (Fsp3) is 0. The van der Waals surface area contributed by atoms with Gasteiger partial charge in [-0.1, -0.05) is 121 Å². The molecule has 6 aromatic carbocycles. The third kappa shape index (κ3) is 4.81. The first kappa shape index (κ1) is 26.3. The van der Waals surface area contributed by atoms with Crippen molar-refractivity contribution >= 4 is 21.9 Å². The Bertz CT molecular complexity index is 2350. The molecule has 0 bridgehead atoms. The number of nitrogens with zero attached hydrogens (tertiary/aromatic N) is 4. The second-order valence-electron chi connectivity index (χ2n) is 10.8. The molecule has 0 aliphatic carbocycles. The molecule has 5 heteroatoms. The van der Waals surface area contributed by atoms with Gasteiger partial charge in [-0.25, -0.2) is 15.0 Å². The minimum absolute atomic E-state index is 0.529. The summed E-state index contributed by atoms with van der Waals surface area (Å²) in [5, 5.41) is 11.3. The Morgan fingerprint density at radius 2 is 0.956 bits per heavy atom. The summed E-state index contributed by atoms with van der Waals surface area (Å²) in [6.45, 7) is 0. The van der Waals surface area contributed by atoms with Gasteiger partial charge in [-0.05, 0) is 46.5 Å². The van der Waals surface area contributed by atoms with Crippen LogP contribution >= 0.6 is 0 Å². The van der Waals surface area contributed by atoms with E-state index in [1.54, 1.807) is 0 Å². The van der Waals surface area contributed by atoms with Crippen LogP contribution in [0, 0.1) is 11.3 Å². The van der Waals surface area contributed by atoms with Crippen LogP contribution in [-0.2, 0) is 0 Å². The molecule has 0 aliphatic rings. The van der Waals surface area contributed by atoms with E-state index in [-0.39, 0.29) is 0 Å². The van der Waals surface area contributed by atoms with Crippen LogP contribution in [0.15, 0.2) is 150 Å². The monoisotopic (exact) mass is 576 g/mol. The van der Waals surface area contributed by atoms with Crippen LogP contribution in [-0.4, -0.2) is 15.0 Å². The summed E-state index contributed by atoms with van der Waals surface area (Å²) in [4.78, 5) is 14.9. The fourth-order valence-corrected chi connectivity index (χ4v) is 5.75. The highest BCUT2D eigenvalue weighted by molar-refractivity contribution is 6.16. The van der Waals surface area contributed by atoms with Crippen LogP contribution in [0.1, 0.15) is 5.56 Å². The molecule has 8 aromatic rings. The number of aromatic nitrogens is 3. The van der Waals surface area contributed by atoms with Crippen LogP contribution in [0.3, 0.4) is 0 Å². The summed E-state index contributed by atoms with van der Waals surface area (Å²) >= 11 is 0. The first-order valence-corrected chi connectivity index (χ1v) is 14.7. The second kappa shape index (κ2) is 11.0. The van der Waals surface area contributed by atoms with Gasteiger partial charge in [-0.3, -0.25) is 0 Å². The summed E-state index contributed by atoms with van der Waals surface area (Å²) < 4.78 is 6.55. The molecule has 2 heterocycles. The normalized spacial score (nSPS) is 11.1. The first-order chi connectivity index (χ1) is 22.2. The van der Waals surface area contributed by atoms with Crippen molar-refractivity contribution in [3.05, 3.63) is 151 Å². The molecule has 0 radical (unpaired) electrons. The Morgan fingerprint density at radius 1 is 0.444 bits per heavy atom. The van der Waals surface area contributed by atoms with Gasteiger partial charge in [0.2, 0.25) is 0 Å². The van der Waals surface area contributed by atoms with E-state index in [0.717, 1.165) is 55.3 Å². The highest BCUT2D eigenvalue weighted by Gasteiger charge is 2.20. The zero-order valence-electron chi connectivity index (χ0n) is 24.1. The van der Waals surface area contributed by atoms with Gasteiger partial charge in [-0.2, -0.15) is 5.26 Å². The molecule has 8 rings (SSSR count). The molecule has 0 atom stereocenters. The van der Waals surface area contributed by atoms with Crippen molar-refractivity contribution in [3.8, 4) is 62.5 Å². The van der Waals surface area contributed by atoms with Crippen LogP contribution in [0.25, 0.3) is 78.4 Å². The Labute approximate surface area is 259 Å². The predicted octanol–water partition coefficient (Wildman–Crippen LogP) is 9.98. The van der Waals surface area contributed by atoms with E-state index < -0.39 is 0 Å². The SMILES string of the molecule is N#Cc1ccc(-c2ccc(-c3nc(-c4ccccc4)nc(-c4ccc(-c5ccccc5)cc4)n3)c3oc4ccccc4c23)cc1. The third-order valence-corrected chi connectivity index (χ3v) is 8.01. The lowest BCUT2D eigenvalue weighted by molar-refractivity contribution is 0.669. The molecule has 0 aliphatic heterocycles. The zero-order valence-corrected chi connectivity index (χ0v) is 24.1. The van der Waals surface area contributed by atoms with Crippen molar-refractivity contribution in [2.45, 2.75) is 0 Å². The van der Waals surface area contributed by atoms with E-state index in [1.165, 1.54) is 0 Å². The van der Waals surface area contributed by atoms with Gasteiger partial charge in [0.25, 0.3) is 0 Å². The standard InChI is InChI=1S/C40H24N4O/c41-25-26-15-17-29(18-16-26)32-23-24-34(37-36(32)33-13-7-8-14-35(33)45-37)40-43-38(30-11-5-2-6-12-30)42-39(44-40)31-21-19-28(20-22-31)27-9-3-1-4-10-27/h1-24H. The molecule has 0 spiro atoms. The Kier molecular flexibility index (Phi) is 6.44. The van der Waals surface area contributed by atoms with Crippen molar-refractivity contribution in [1.29, 1.82) is 5.26 Å². The Hall–Kier alpha value is -6.38. The molecular weight excluding hydrogens is 552 g/mol. The zero-order chi connectivity index (χ0) is 30.2. The van der Waals surface area contributed by atoms with Gasteiger partial charge in [0, 0.05) is 21.9 Å². The lowest BCUT2D eigenvalue weighted by Gasteiger charge is -2.11. The van der Waals surface area contributed by atoms with Gasteiger partial charge < -0.3 is 4.42 Å². The smallest absolute Gasteiger partial charge is 0.167 e. The van der Waals surface area contributed by atoms with E-state index in [1.807, 2.05) is 97.1 Å². The molecule has 45 heavy (non-hydrogen) atoms. The predicted molar refractivity (Wildman–Crippen MR) is 179 cm³/mol. The van der Waals surface area contributed by atoms with Crippen molar-refractivity contribution in [3.63, 3.8) is 0 Å². The molecule has 0 fully saturated rings. The molecule has 0 saturated heterocycles. The van der Waals surface area contributed by atoms with Crippen molar-refractivity contribution in [2.75, 3.05) is 0 Å². The first-order valence-electron chi connectivity index (χ1n) is 14.7. The molecule has 210 valence electrons. The molecule has 0 amide bonds. The summed E-state index contributed by atoms with van der Waals surface area (Å²) in [5.41, 5.74) is 8.96. The largest absolute Gasteiger partial charge is 0.455 e. The summed E-state index contributed by atoms with van der Waals surface area (Å²) in [6, 6.07) is 50.5. The van der Waals surface area contributed by atoms with E-state index in [0.29, 0.717) is 28.6 Å². The Balaban J connectivity index is 1.33. The van der Waals surface area contributed by atoms with Gasteiger partial charge in [0.15, 0.2) is 17.5 Å². The van der Waals surface area contributed by atoms with Crippen molar-refractivity contribution in [2.24, 2.45) is 0 Å². The number of para-hydroxylation sites is 1. The minimum atomic E-state index is 0.529. The maximum Gasteiger partial charge on any atom is 0.167 e.